The fourth-order valence-electron chi connectivity index (χ4n) is 3.22. The highest BCUT2D eigenvalue weighted by molar-refractivity contribution is 6.01. The molecule has 1 aromatic carbocycles. The summed E-state index contributed by atoms with van der Waals surface area (Å²) in [6.07, 6.45) is 2.36. The number of nitrogens with one attached hydrogen (secondary N) is 1. The monoisotopic (exact) mass is 331 g/mol. The van der Waals surface area contributed by atoms with Gasteiger partial charge in [-0.2, -0.15) is 0 Å². The Morgan fingerprint density at radius 3 is 3.00 bits per heavy atom. The predicted molar refractivity (Wildman–Crippen MR) is 92.2 cm³/mol. The van der Waals surface area contributed by atoms with Gasteiger partial charge in [0.15, 0.2) is 6.10 Å². The SMILES string of the molecule is Cc1ccc(C2=NOC(CNC(=O)N3CCC[C@H]3CO)C2)cc1C. The molecule has 6 heteroatoms. The molecule has 0 aromatic heterocycles. The highest BCUT2D eigenvalue weighted by atomic mass is 16.6. The molecule has 130 valence electrons. The van der Waals surface area contributed by atoms with Crippen molar-refractivity contribution in [3.63, 3.8) is 0 Å². The molecule has 3 rings (SSSR count). The number of nitrogens with zero attached hydrogens (tertiary/aromatic N) is 2. The molecule has 24 heavy (non-hydrogen) atoms. The van der Waals surface area contributed by atoms with E-state index in [4.69, 9.17) is 4.84 Å². The number of aliphatic hydroxyl groups is 1. The zero-order valence-corrected chi connectivity index (χ0v) is 14.3. The highest BCUT2D eigenvalue weighted by Crippen LogP contribution is 2.20. The molecular formula is C18H25N3O3. The molecule has 1 unspecified atom stereocenters. The summed E-state index contributed by atoms with van der Waals surface area (Å²) in [5.41, 5.74) is 4.49. The molecule has 2 heterocycles. The molecule has 1 fully saturated rings. The van der Waals surface area contributed by atoms with E-state index in [9.17, 15) is 9.90 Å². The van der Waals surface area contributed by atoms with Crippen LogP contribution in [0.15, 0.2) is 23.4 Å². The van der Waals surface area contributed by atoms with E-state index < -0.39 is 0 Å². The summed E-state index contributed by atoms with van der Waals surface area (Å²) < 4.78 is 0. The zero-order valence-electron chi connectivity index (χ0n) is 14.3. The van der Waals surface area contributed by atoms with Gasteiger partial charge in [0.05, 0.1) is 24.9 Å². The van der Waals surface area contributed by atoms with Crippen molar-refractivity contribution >= 4 is 11.7 Å². The van der Waals surface area contributed by atoms with Crippen molar-refractivity contribution in [2.45, 2.75) is 45.3 Å². The summed E-state index contributed by atoms with van der Waals surface area (Å²) in [4.78, 5) is 19.4. The van der Waals surface area contributed by atoms with E-state index in [1.54, 1.807) is 4.90 Å². The number of oxime groups is 1. The fourth-order valence-corrected chi connectivity index (χ4v) is 3.22. The van der Waals surface area contributed by atoms with Crippen molar-refractivity contribution in [3.05, 3.63) is 34.9 Å². The Balaban J connectivity index is 1.50. The van der Waals surface area contributed by atoms with Crippen molar-refractivity contribution < 1.29 is 14.7 Å². The fraction of sp³-hybridized carbons (Fsp3) is 0.556. The number of carbonyl (C=O) groups excluding carboxylic acids is 1. The highest BCUT2D eigenvalue weighted by Gasteiger charge is 2.29. The minimum absolute atomic E-state index is 0.0212. The summed E-state index contributed by atoms with van der Waals surface area (Å²) >= 11 is 0. The Morgan fingerprint density at radius 2 is 2.25 bits per heavy atom. The first kappa shape index (κ1) is 16.8. The first-order chi connectivity index (χ1) is 11.6. The van der Waals surface area contributed by atoms with Crippen LogP contribution in [0.25, 0.3) is 0 Å². The van der Waals surface area contributed by atoms with Gasteiger partial charge in [-0.1, -0.05) is 17.3 Å². The standard InChI is InChI=1S/C18H25N3O3/c1-12-5-6-14(8-13(12)2)17-9-16(24-20-17)10-19-18(23)21-7-3-4-15(21)11-22/h5-6,8,15-16,22H,3-4,7,9-11H2,1-2H3,(H,19,23)/t15-,16?/m0/s1. The van der Waals surface area contributed by atoms with Crippen molar-refractivity contribution in [2.24, 2.45) is 5.16 Å². The third kappa shape index (κ3) is 3.53. The second kappa shape index (κ2) is 7.21. The maximum Gasteiger partial charge on any atom is 0.317 e. The number of aliphatic hydroxyl groups excluding tert-OH is 1. The first-order valence-electron chi connectivity index (χ1n) is 8.54. The Hall–Kier alpha value is -2.08. The molecule has 0 spiro atoms. The molecule has 1 aromatic rings. The number of benzene rings is 1. The van der Waals surface area contributed by atoms with E-state index >= 15 is 0 Å². The second-order valence-electron chi connectivity index (χ2n) is 6.63. The maximum atomic E-state index is 12.2. The predicted octanol–water partition coefficient (Wildman–Crippen LogP) is 1.96. The topological polar surface area (TPSA) is 74.2 Å². The second-order valence-corrected chi connectivity index (χ2v) is 6.63. The number of likely N-dealkylation sites (tertiary alicyclic amines) is 1. The van der Waals surface area contributed by atoms with Crippen LogP contribution in [0.4, 0.5) is 4.79 Å². The van der Waals surface area contributed by atoms with Gasteiger partial charge in [-0.25, -0.2) is 4.79 Å². The molecule has 0 radical (unpaired) electrons. The van der Waals surface area contributed by atoms with Crippen LogP contribution in [0.3, 0.4) is 0 Å². The van der Waals surface area contributed by atoms with Crippen LogP contribution in [0, 0.1) is 13.8 Å². The molecule has 1 saturated heterocycles. The van der Waals surface area contributed by atoms with E-state index in [1.807, 2.05) is 0 Å². The van der Waals surface area contributed by atoms with Gasteiger partial charge in [-0.3, -0.25) is 0 Å². The molecule has 2 aliphatic rings. The van der Waals surface area contributed by atoms with Crippen LogP contribution in [0.1, 0.15) is 36.0 Å². The minimum Gasteiger partial charge on any atom is -0.394 e. The minimum atomic E-state index is -0.138. The molecule has 0 aliphatic carbocycles. The average Bonchev–Trinajstić information content (AvgIpc) is 3.24. The number of hydrogen-bond donors (Lipinski definition) is 2. The van der Waals surface area contributed by atoms with Gasteiger partial charge in [0.1, 0.15) is 0 Å². The lowest BCUT2D eigenvalue weighted by Crippen LogP contribution is -2.46. The quantitative estimate of drug-likeness (QED) is 0.886. The van der Waals surface area contributed by atoms with Gasteiger partial charge in [0.2, 0.25) is 0 Å². The first-order valence-corrected chi connectivity index (χ1v) is 8.54. The van der Waals surface area contributed by atoms with Crippen LogP contribution in [0.5, 0.6) is 0 Å². The van der Waals surface area contributed by atoms with E-state index in [2.05, 4.69) is 42.5 Å². The third-order valence-corrected chi connectivity index (χ3v) is 4.90. The van der Waals surface area contributed by atoms with Crippen molar-refractivity contribution in [1.82, 2.24) is 10.2 Å². The average molecular weight is 331 g/mol. The van der Waals surface area contributed by atoms with Crippen molar-refractivity contribution in [2.75, 3.05) is 19.7 Å². The lowest BCUT2D eigenvalue weighted by molar-refractivity contribution is 0.0837. The third-order valence-electron chi connectivity index (χ3n) is 4.90. The lowest BCUT2D eigenvalue weighted by Gasteiger charge is -2.23. The van der Waals surface area contributed by atoms with Crippen LogP contribution in [0.2, 0.25) is 0 Å². The molecule has 2 aliphatic heterocycles. The molecule has 6 nitrogen and oxygen atoms in total. The zero-order chi connectivity index (χ0) is 17.1. The maximum absolute atomic E-state index is 12.2. The molecule has 2 N–H and O–H groups in total. The molecular weight excluding hydrogens is 306 g/mol. The number of hydrogen-bond acceptors (Lipinski definition) is 4. The van der Waals surface area contributed by atoms with Crippen molar-refractivity contribution in [3.8, 4) is 0 Å². The van der Waals surface area contributed by atoms with Gasteiger partial charge in [0.25, 0.3) is 0 Å². The van der Waals surface area contributed by atoms with E-state index in [1.165, 1.54) is 11.1 Å². The molecule has 0 bridgehead atoms. The van der Waals surface area contributed by atoms with Crippen LogP contribution < -0.4 is 5.32 Å². The molecule has 2 amide bonds. The summed E-state index contributed by atoms with van der Waals surface area (Å²) in [5, 5.41) is 16.4. The van der Waals surface area contributed by atoms with Gasteiger partial charge in [0, 0.05) is 13.0 Å². The van der Waals surface area contributed by atoms with Crippen molar-refractivity contribution in [1.29, 1.82) is 0 Å². The number of urea groups is 1. The van der Waals surface area contributed by atoms with Gasteiger partial charge < -0.3 is 20.2 Å². The Bertz CT molecular complexity index is 644. The van der Waals surface area contributed by atoms with E-state index in [-0.39, 0.29) is 24.8 Å². The molecule has 2 atom stereocenters. The van der Waals surface area contributed by atoms with Gasteiger partial charge >= 0.3 is 6.03 Å². The summed E-state index contributed by atoms with van der Waals surface area (Å²) in [6.45, 7) is 5.31. The summed E-state index contributed by atoms with van der Waals surface area (Å²) in [6, 6.07) is 6.08. The Kier molecular flexibility index (Phi) is 5.04. The van der Waals surface area contributed by atoms with E-state index in [0.717, 1.165) is 24.1 Å². The number of aryl methyl sites for hydroxylation is 2. The Morgan fingerprint density at radius 1 is 1.42 bits per heavy atom. The van der Waals surface area contributed by atoms with Crippen LogP contribution >= 0.6 is 0 Å². The summed E-state index contributed by atoms with van der Waals surface area (Å²) in [7, 11) is 0. The van der Waals surface area contributed by atoms with E-state index in [0.29, 0.717) is 19.5 Å². The summed E-state index contributed by atoms with van der Waals surface area (Å²) in [5.74, 6) is 0. The largest absolute Gasteiger partial charge is 0.394 e. The van der Waals surface area contributed by atoms with Gasteiger partial charge in [-0.15, -0.1) is 0 Å². The van der Waals surface area contributed by atoms with Crippen LogP contribution in [-0.4, -0.2) is 53.6 Å². The number of carbonyl (C=O) groups is 1. The lowest BCUT2D eigenvalue weighted by atomic mass is 10.0. The molecule has 0 saturated carbocycles. The number of amides is 2. The Labute approximate surface area is 142 Å². The smallest absolute Gasteiger partial charge is 0.317 e. The van der Waals surface area contributed by atoms with Crippen LogP contribution in [-0.2, 0) is 4.84 Å². The van der Waals surface area contributed by atoms with Gasteiger partial charge in [-0.05, 0) is 49.4 Å². The normalized spacial score (nSPS) is 23.1. The number of rotatable bonds is 4.